The van der Waals surface area contributed by atoms with E-state index in [1.165, 1.54) is 0 Å². The second-order valence-corrected chi connectivity index (χ2v) is 7.18. The minimum Gasteiger partial charge on any atom is -0.299 e. The SMILES string of the molecule is Cc1cc(C(=O)NN=C2CC(=O)CC(C)(C)C2)c2ccccc2n1. The molecule has 5 heteroatoms. The van der Waals surface area contributed by atoms with Crippen molar-refractivity contribution in [3.63, 3.8) is 0 Å². The monoisotopic (exact) mass is 323 g/mol. The van der Waals surface area contributed by atoms with Crippen molar-refractivity contribution in [3.8, 4) is 0 Å². The summed E-state index contributed by atoms with van der Waals surface area (Å²) in [5.41, 5.74) is 5.36. The fourth-order valence-corrected chi connectivity index (χ4v) is 3.27. The molecule has 1 aromatic heterocycles. The van der Waals surface area contributed by atoms with Crippen LogP contribution in [0.4, 0.5) is 0 Å². The van der Waals surface area contributed by atoms with Crippen molar-refractivity contribution in [3.05, 3.63) is 41.6 Å². The summed E-state index contributed by atoms with van der Waals surface area (Å²) >= 11 is 0. The second kappa shape index (κ2) is 6.15. The van der Waals surface area contributed by atoms with Crippen molar-refractivity contribution in [1.29, 1.82) is 0 Å². The smallest absolute Gasteiger partial charge is 0.272 e. The van der Waals surface area contributed by atoms with Crippen molar-refractivity contribution in [2.24, 2.45) is 10.5 Å². The van der Waals surface area contributed by atoms with Crippen LogP contribution in [0.1, 0.15) is 49.2 Å². The molecular formula is C19H21N3O2. The third-order valence-electron chi connectivity index (χ3n) is 4.16. The zero-order valence-corrected chi connectivity index (χ0v) is 14.2. The molecule has 5 nitrogen and oxygen atoms in total. The summed E-state index contributed by atoms with van der Waals surface area (Å²) in [7, 11) is 0. The first-order valence-electron chi connectivity index (χ1n) is 8.08. The number of rotatable bonds is 2. The summed E-state index contributed by atoms with van der Waals surface area (Å²) in [4.78, 5) is 28.8. The van der Waals surface area contributed by atoms with Gasteiger partial charge in [-0.3, -0.25) is 14.6 Å². The Morgan fingerprint density at radius 1 is 1.25 bits per heavy atom. The molecular weight excluding hydrogens is 302 g/mol. The van der Waals surface area contributed by atoms with Gasteiger partial charge in [0, 0.05) is 29.6 Å². The van der Waals surface area contributed by atoms with Crippen LogP contribution in [0, 0.1) is 12.3 Å². The fraction of sp³-hybridized carbons (Fsp3) is 0.368. The number of hydrazone groups is 1. The second-order valence-electron chi connectivity index (χ2n) is 7.18. The highest BCUT2D eigenvalue weighted by Crippen LogP contribution is 2.31. The molecule has 1 fully saturated rings. The topological polar surface area (TPSA) is 71.4 Å². The first-order chi connectivity index (χ1) is 11.3. The van der Waals surface area contributed by atoms with Gasteiger partial charge in [-0.25, -0.2) is 5.43 Å². The van der Waals surface area contributed by atoms with Gasteiger partial charge in [0.15, 0.2) is 0 Å². The molecule has 0 atom stereocenters. The van der Waals surface area contributed by atoms with E-state index in [1.54, 1.807) is 6.07 Å². The number of ketones is 1. The number of fused-ring (bicyclic) bond motifs is 1. The molecule has 0 radical (unpaired) electrons. The van der Waals surface area contributed by atoms with Gasteiger partial charge in [-0.1, -0.05) is 32.0 Å². The fourth-order valence-electron chi connectivity index (χ4n) is 3.27. The lowest BCUT2D eigenvalue weighted by Crippen LogP contribution is -2.31. The predicted molar refractivity (Wildman–Crippen MR) is 94.0 cm³/mol. The summed E-state index contributed by atoms with van der Waals surface area (Å²) in [6.07, 6.45) is 1.60. The molecule has 0 unspecified atom stereocenters. The molecule has 24 heavy (non-hydrogen) atoms. The number of aryl methyl sites for hydroxylation is 1. The number of carbonyl (C=O) groups is 2. The Balaban J connectivity index is 1.86. The first kappa shape index (κ1) is 16.3. The summed E-state index contributed by atoms with van der Waals surface area (Å²) in [5, 5.41) is 5.01. The Kier molecular flexibility index (Phi) is 4.18. The molecule has 1 aliphatic rings. The molecule has 1 aliphatic carbocycles. The Hall–Kier alpha value is -2.56. The van der Waals surface area contributed by atoms with Gasteiger partial charge in [0.05, 0.1) is 11.1 Å². The van der Waals surface area contributed by atoms with Crippen LogP contribution >= 0.6 is 0 Å². The van der Waals surface area contributed by atoms with E-state index in [9.17, 15) is 9.59 Å². The number of Topliss-reactive ketones (excluding diaryl/α,β-unsaturated/α-hetero) is 1. The normalized spacial score (nSPS) is 18.8. The van der Waals surface area contributed by atoms with Gasteiger partial charge in [-0.15, -0.1) is 0 Å². The average Bonchev–Trinajstić information content (AvgIpc) is 2.49. The number of nitrogens with one attached hydrogen (secondary N) is 1. The van der Waals surface area contributed by atoms with E-state index in [4.69, 9.17) is 0 Å². The highest BCUT2D eigenvalue weighted by Gasteiger charge is 2.30. The van der Waals surface area contributed by atoms with Gasteiger partial charge in [0.25, 0.3) is 5.91 Å². The van der Waals surface area contributed by atoms with Gasteiger partial charge in [-0.05, 0) is 30.9 Å². The maximum Gasteiger partial charge on any atom is 0.272 e. The van der Waals surface area contributed by atoms with Gasteiger partial charge in [0.1, 0.15) is 5.78 Å². The van der Waals surface area contributed by atoms with Crippen LogP contribution in [0.15, 0.2) is 35.4 Å². The van der Waals surface area contributed by atoms with E-state index in [-0.39, 0.29) is 17.1 Å². The third-order valence-corrected chi connectivity index (χ3v) is 4.16. The molecule has 3 rings (SSSR count). The van der Waals surface area contributed by atoms with Crippen molar-refractivity contribution in [2.75, 3.05) is 0 Å². The van der Waals surface area contributed by atoms with Gasteiger partial charge in [0.2, 0.25) is 0 Å². The molecule has 1 saturated carbocycles. The molecule has 0 bridgehead atoms. The van der Waals surface area contributed by atoms with Crippen molar-refractivity contribution in [2.45, 2.75) is 40.0 Å². The number of nitrogens with zero attached hydrogens (tertiary/aromatic N) is 2. The minimum atomic E-state index is -0.278. The molecule has 1 aromatic carbocycles. The molecule has 124 valence electrons. The molecule has 1 amide bonds. The molecule has 0 saturated heterocycles. The largest absolute Gasteiger partial charge is 0.299 e. The van der Waals surface area contributed by atoms with Crippen molar-refractivity contribution < 1.29 is 9.59 Å². The standard InChI is InChI=1S/C19H21N3O2/c1-12-8-16(15-6-4-5-7-17(15)20-12)18(24)22-21-13-9-14(23)11-19(2,3)10-13/h4-8H,9-11H2,1-3H3,(H,22,24). The van der Waals surface area contributed by atoms with E-state index in [1.807, 2.05) is 45.0 Å². The Morgan fingerprint density at radius 2 is 2.00 bits per heavy atom. The minimum absolute atomic E-state index is 0.0984. The third kappa shape index (κ3) is 3.50. The maximum atomic E-state index is 12.6. The Bertz CT molecular complexity index is 853. The van der Waals surface area contributed by atoms with Crippen LogP contribution in [0.25, 0.3) is 10.9 Å². The quantitative estimate of drug-likeness (QED) is 0.861. The molecule has 1 heterocycles. The average molecular weight is 323 g/mol. The summed E-state index contributed by atoms with van der Waals surface area (Å²) < 4.78 is 0. The zero-order chi connectivity index (χ0) is 17.3. The maximum absolute atomic E-state index is 12.6. The molecule has 0 aliphatic heterocycles. The summed E-state index contributed by atoms with van der Waals surface area (Å²) in [6, 6.07) is 9.29. The highest BCUT2D eigenvalue weighted by atomic mass is 16.2. The predicted octanol–water partition coefficient (Wildman–Crippen LogP) is 3.41. The van der Waals surface area contributed by atoms with Crippen molar-refractivity contribution >= 4 is 28.3 Å². The lowest BCUT2D eigenvalue weighted by atomic mass is 9.76. The number of hydrogen-bond acceptors (Lipinski definition) is 4. The van der Waals surface area contributed by atoms with E-state index in [0.717, 1.165) is 28.7 Å². The highest BCUT2D eigenvalue weighted by molar-refractivity contribution is 6.08. The van der Waals surface area contributed by atoms with Crippen LogP contribution in [0.2, 0.25) is 0 Å². The Morgan fingerprint density at radius 3 is 2.75 bits per heavy atom. The van der Waals surface area contributed by atoms with Crippen LogP contribution in [-0.4, -0.2) is 22.4 Å². The lowest BCUT2D eigenvalue weighted by Gasteiger charge is -2.29. The van der Waals surface area contributed by atoms with Gasteiger partial charge in [-0.2, -0.15) is 5.10 Å². The number of para-hydroxylation sites is 1. The van der Waals surface area contributed by atoms with E-state index in [2.05, 4.69) is 15.5 Å². The van der Waals surface area contributed by atoms with E-state index in [0.29, 0.717) is 18.4 Å². The molecule has 2 aromatic rings. The summed E-state index contributed by atoms with van der Waals surface area (Å²) in [6.45, 7) is 5.94. The zero-order valence-electron chi connectivity index (χ0n) is 14.2. The van der Waals surface area contributed by atoms with Gasteiger partial charge >= 0.3 is 0 Å². The van der Waals surface area contributed by atoms with Crippen LogP contribution in [0.3, 0.4) is 0 Å². The van der Waals surface area contributed by atoms with Crippen LogP contribution in [0.5, 0.6) is 0 Å². The first-order valence-corrected chi connectivity index (χ1v) is 8.08. The van der Waals surface area contributed by atoms with Crippen molar-refractivity contribution in [1.82, 2.24) is 10.4 Å². The van der Waals surface area contributed by atoms with Gasteiger partial charge < -0.3 is 0 Å². The number of carbonyl (C=O) groups excluding carboxylic acids is 2. The van der Waals surface area contributed by atoms with E-state index >= 15 is 0 Å². The number of hydrogen-bond donors (Lipinski definition) is 1. The lowest BCUT2D eigenvalue weighted by molar-refractivity contribution is -0.120. The Labute approximate surface area is 141 Å². The molecule has 0 spiro atoms. The van der Waals surface area contributed by atoms with Crippen LogP contribution in [-0.2, 0) is 4.79 Å². The van der Waals surface area contributed by atoms with Crippen LogP contribution < -0.4 is 5.43 Å². The number of pyridine rings is 1. The number of aromatic nitrogens is 1. The summed E-state index contributed by atoms with van der Waals surface area (Å²) in [5.74, 6) is -0.107. The molecule has 1 N–H and O–H groups in total. The number of benzene rings is 1. The number of amides is 1. The van der Waals surface area contributed by atoms with E-state index < -0.39 is 0 Å².